The number of carbonyl (C=O) groups excluding carboxylic acids is 1. The third-order valence-electron chi connectivity index (χ3n) is 3.40. The molecule has 124 valence electrons. The first kappa shape index (κ1) is 15.7. The Kier molecular flexibility index (Phi) is 4.50. The average Bonchev–Trinajstić information content (AvgIpc) is 3.22. The number of anilines is 1. The maximum Gasteiger partial charge on any atom is 0.260 e. The number of rotatable bonds is 6. The van der Waals surface area contributed by atoms with Crippen molar-refractivity contribution < 1.29 is 9.53 Å². The molecule has 3 aromatic rings. The van der Waals surface area contributed by atoms with Gasteiger partial charge in [-0.05, 0) is 29.5 Å². The van der Waals surface area contributed by atoms with Gasteiger partial charge in [-0.25, -0.2) is 4.68 Å². The summed E-state index contributed by atoms with van der Waals surface area (Å²) in [6.45, 7) is 2.88. The van der Waals surface area contributed by atoms with Crippen molar-refractivity contribution in [3.8, 4) is 5.75 Å². The van der Waals surface area contributed by atoms with E-state index < -0.39 is 0 Å². The van der Waals surface area contributed by atoms with Gasteiger partial charge >= 0.3 is 0 Å². The monoisotopic (exact) mass is 327 g/mol. The zero-order valence-electron chi connectivity index (χ0n) is 13.4. The summed E-state index contributed by atoms with van der Waals surface area (Å²) in [6.07, 6.45) is 1.80. The van der Waals surface area contributed by atoms with E-state index in [1.165, 1.54) is 4.68 Å². The summed E-state index contributed by atoms with van der Waals surface area (Å²) in [5.41, 5.74) is 0.415. The number of nitrogens with zero attached hydrogens (tertiary/aromatic N) is 6. The van der Waals surface area contributed by atoms with E-state index in [0.717, 1.165) is 6.54 Å². The van der Waals surface area contributed by atoms with E-state index in [1.54, 1.807) is 48.3 Å². The zero-order valence-corrected chi connectivity index (χ0v) is 13.4. The zero-order chi connectivity index (χ0) is 16.9. The van der Waals surface area contributed by atoms with Crippen LogP contribution in [0.3, 0.4) is 0 Å². The van der Waals surface area contributed by atoms with Crippen LogP contribution in [0.2, 0.25) is 0 Å². The van der Waals surface area contributed by atoms with Crippen molar-refractivity contribution >= 4 is 11.7 Å². The summed E-state index contributed by atoms with van der Waals surface area (Å²) in [6, 6.07) is 8.74. The third-order valence-corrected chi connectivity index (χ3v) is 3.40. The standard InChI is InChI=1S/C15H17N7O2/c1-3-22-9-8-13(18-22)16-15(23)11-6-4-5-7-12(11)24-10-14-17-19-20-21(14)2/h4-9H,3,10H2,1-2H3,(H,16,18,23). The fraction of sp³-hybridized carbons (Fsp3) is 0.267. The van der Waals surface area contributed by atoms with Crippen molar-refractivity contribution in [1.82, 2.24) is 30.0 Å². The Bertz CT molecular complexity index is 840. The summed E-state index contributed by atoms with van der Waals surface area (Å²) in [4.78, 5) is 12.5. The molecule has 0 fully saturated rings. The fourth-order valence-electron chi connectivity index (χ4n) is 2.08. The first-order valence-corrected chi connectivity index (χ1v) is 7.45. The number of tetrazole rings is 1. The summed E-state index contributed by atoms with van der Waals surface area (Å²) in [7, 11) is 1.72. The second-order valence-electron chi connectivity index (χ2n) is 5.01. The van der Waals surface area contributed by atoms with Crippen LogP contribution in [0.1, 0.15) is 23.1 Å². The number of hydrogen-bond donors (Lipinski definition) is 1. The lowest BCUT2D eigenvalue weighted by atomic mass is 10.2. The predicted octanol–water partition coefficient (Wildman–Crippen LogP) is 1.26. The predicted molar refractivity (Wildman–Crippen MR) is 85.4 cm³/mol. The minimum Gasteiger partial charge on any atom is -0.485 e. The maximum atomic E-state index is 12.5. The number of hydrogen-bond acceptors (Lipinski definition) is 6. The molecule has 0 unspecified atom stereocenters. The highest BCUT2D eigenvalue weighted by molar-refractivity contribution is 6.05. The fourth-order valence-corrected chi connectivity index (χ4v) is 2.08. The average molecular weight is 327 g/mol. The number of aromatic nitrogens is 6. The smallest absolute Gasteiger partial charge is 0.260 e. The highest BCUT2D eigenvalue weighted by Gasteiger charge is 2.14. The van der Waals surface area contributed by atoms with Gasteiger partial charge in [0, 0.05) is 25.9 Å². The number of amides is 1. The molecule has 0 bridgehead atoms. The highest BCUT2D eigenvalue weighted by atomic mass is 16.5. The molecule has 2 heterocycles. The van der Waals surface area contributed by atoms with Gasteiger partial charge in [-0.15, -0.1) is 5.10 Å². The summed E-state index contributed by atoms with van der Waals surface area (Å²) >= 11 is 0. The SMILES string of the molecule is CCn1ccc(NC(=O)c2ccccc2OCc2nnnn2C)n1. The number of aryl methyl sites for hydroxylation is 2. The van der Waals surface area contributed by atoms with Gasteiger partial charge in [0.2, 0.25) is 0 Å². The highest BCUT2D eigenvalue weighted by Crippen LogP contribution is 2.20. The van der Waals surface area contributed by atoms with Crippen molar-refractivity contribution in [1.29, 1.82) is 0 Å². The molecule has 1 aromatic carbocycles. The van der Waals surface area contributed by atoms with Crippen LogP contribution >= 0.6 is 0 Å². The summed E-state index contributed by atoms with van der Waals surface area (Å²) in [5.74, 6) is 1.22. The largest absolute Gasteiger partial charge is 0.485 e. The van der Waals surface area contributed by atoms with Crippen molar-refractivity contribution in [2.24, 2.45) is 7.05 Å². The molecule has 2 aromatic heterocycles. The van der Waals surface area contributed by atoms with E-state index in [9.17, 15) is 4.79 Å². The number of para-hydroxylation sites is 1. The number of nitrogens with one attached hydrogen (secondary N) is 1. The van der Waals surface area contributed by atoms with E-state index in [-0.39, 0.29) is 12.5 Å². The Hall–Kier alpha value is -3.23. The first-order chi connectivity index (χ1) is 11.7. The minimum absolute atomic E-state index is 0.165. The molecule has 0 aliphatic rings. The molecule has 0 aliphatic heterocycles. The number of carbonyl (C=O) groups is 1. The van der Waals surface area contributed by atoms with Crippen molar-refractivity contribution in [3.63, 3.8) is 0 Å². The molecule has 3 rings (SSSR count). The molecule has 0 spiro atoms. The van der Waals surface area contributed by atoms with Crippen molar-refractivity contribution in [2.45, 2.75) is 20.1 Å². The molecule has 0 aliphatic carbocycles. The molecule has 0 saturated carbocycles. The van der Waals surface area contributed by atoms with Crippen molar-refractivity contribution in [3.05, 3.63) is 47.9 Å². The molecule has 1 N–H and O–H groups in total. The Morgan fingerprint density at radius 3 is 2.83 bits per heavy atom. The van der Waals surface area contributed by atoms with Crippen LogP contribution in [0, 0.1) is 0 Å². The number of benzene rings is 1. The molecule has 9 nitrogen and oxygen atoms in total. The quantitative estimate of drug-likeness (QED) is 0.731. The van der Waals surface area contributed by atoms with E-state index >= 15 is 0 Å². The van der Waals surface area contributed by atoms with Gasteiger partial charge in [0.1, 0.15) is 12.4 Å². The van der Waals surface area contributed by atoms with E-state index in [4.69, 9.17) is 4.74 Å². The van der Waals surface area contributed by atoms with E-state index in [0.29, 0.717) is 23.0 Å². The molecular formula is C15H17N7O2. The Labute approximate surface area is 138 Å². The van der Waals surface area contributed by atoms with Gasteiger partial charge in [0.05, 0.1) is 5.56 Å². The number of ether oxygens (including phenoxy) is 1. The van der Waals surface area contributed by atoms with Crippen molar-refractivity contribution in [2.75, 3.05) is 5.32 Å². The maximum absolute atomic E-state index is 12.5. The van der Waals surface area contributed by atoms with Gasteiger partial charge in [-0.1, -0.05) is 12.1 Å². The van der Waals surface area contributed by atoms with Gasteiger partial charge in [0.25, 0.3) is 5.91 Å². The summed E-state index contributed by atoms with van der Waals surface area (Å²) < 4.78 is 8.95. The Morgan fingerprint density at radius 2 is 2.12 bits per heavy atom. The van der Waals surface area contributed by atoms with Gasteiger partial charge in [0.15, 0.2) is 11.6 Å². The topological polar surface area (TPSA) is 99.8 Å². The second-order valence-corrected chi connectivity index (χ2v) is 5.01. The lowest BCUT2D eigenvalue weighted by molar-refractivity contribution is 0.102. The molecular weight excluding hydrogens is 310 g/mol. The molecule has 0 saturated heterocycles. The molecule has 9 heteroatoms. The first-order valence-electron chi connectivity index (χ1n) is 7.45. The van der Waals surface area contributed by atoms with Crippen LogP contribution in [0.4, 0.5) is 5.82 Å². The Morgan fingerprint density at radius 1 is 1.29 bits per heavy atom. The molecule has 1 amide bonds. The van der Waals surface area contributed by atoms with Crippen LogP contribution in [0.25, 0.3) is 0 Å². The molecule has 0 atom stereocenters. The normalized spacial score (nSPS) is 10.6. The molecule has 24 heavy (non-hydrogen) atoms. The van der Waals surface area contributed by atoms with E-state index in [1.807, 2.05) is 6.92 Å². The second kappa shape index (κ2) is 6.90. The van der Waals surface area contributed by atoms with Crippen LogP contribution in [-0.4, -0.2) is 35.9 Å². The summed E-state index contributed by atoms with van der Waals surface area (Å²) in [5, 5.41) is 18.1. The van der Waals surface area contributed by atoms with Crippen LogP contribution in [-0.2, 0) is 20.2 Å². The lowest BCUT2D eigenvalue weighted by Crippen LogP contribution is -2.15. The van der Waals surface area contributed by atoms with Gasteiger partial charge in [-0.3, -0.25) is 9.48 Å². The van der Waals surface area contributed by atoms with Crippen LogP contribution in [0.15, 0.2) is 36.5 Å². The van der Waals surface area contributed by atoms with Gasteiger partial charge in [-0.2, -0.15) is 5.10 Å². The minimum atomic E-state index is -0.289. The van der Waals surface area contributed by atoms with Gasteiger partial charge < -0.3 is 10.1 Å². The molecule has 0 radical (unpaired) electrons. The lowest BCUT2D eigenvalue weighted by Gasteiger charge is -2.10. The van der Waals surface area contributed by atoms with E-state index in [2.05, 4.69) is 25.9 Å². The van der Waals surface area contributed by atoms with Crippen LogP contribution < -0.4 is 10.1 Å². The Balaban J connectivity index is 1.73. The van der Waals surface area contributed by atoms with Crippen LogP contribution in [0.5, 0.6) is 5.75 Å². The third kappa shape index (κ3) is 3.40.